The van der Waals surface area contributed by atoms with E-state index < -0.39 is 39.3 Å². The summed E-state index contributed by atoms with van der Waals surface area (Å²) in [5.74, 6) is -3.68. The quantitative estimate of drug-likeness (QED) is 0.461. The number of halogens is 3. The molecule has 0 atom stereocenters. The first-order valence-corrected chi connectivity index (χ1v) is 9.59. The van der Waals surface area contributed by atoms with E-state index in [0.717, 1.165) is 25.1 Å². The van der Waals surface area contributed by atoms with Gasteiger partial charge in [0.25, 0.3) is 5.91 Å². The van der Waals surface area contributed by atoms with Gasteiger partial charge in [0.15, 0.2) is 12.0 Å². The maximum absolute atomic E-state index is 14.0. The molecule has 7 nitrogen and oxygen atoms in total. The van der Waals surface area contributed by atoms with Gasteiger partial charge in [0, 0.05) is 31.4 Å². The Bertz CT molecular complexity index is 1010. The average molecular weight is 442 g/mol. The van der Waals surface area contributed by atoms with Crippen LogP contribution in [-0.2, 0) is 13.1 Å². The number of aromatic hydroxyl groups is 1. The molecule has 1 heterocycles. The molecule has 0 aliphatic heterocycles. The van der Waals surface area contributed by atoms with Crippen molar-refractivity contribution in [3.8, 4) is 5.75 Å². The number of aromatic nitrogens is 1. The number of carbonyl (C=O) groups is 2. The van der Waals surface area contributed by atoms with Gasteiger partial charge in [-0.05, 0) is 26.1 Å². The zero-order valence-electron chi connectivity index (χ0n) is 16.5. The van der Waals surface area contributed by atoms with E-state index in [2.05, 4.69) is 5.32 Å². The SMILES string of the molecule is CCCN(C)CCn1cc(C(=O)NCc2ccc(F)c(Cl)c2F)c(=O)c(O)c1C=O. The zero-order chi connectivity index (χ0) is 22.4. The van der Waals surface area contributed by atoms with Crippen molar-refractivity contribution in [2.24, 2.45) is 0 Å². The van der Waals surface area contributed by atoms with Crippen LogP contribution in [0.5, 0.6) is 5.75 Å². The second kappa shape index (κ2) is 10.3. The van der Waals surface area contributed by atoms with Crippen LogP contribution in [0.4, 0.5) is 8.78 Å². The third kappa shape index (κ3) is 5.22. The first-order valence-electron chi connectivity index (χ1n) is 9.21. The Morgan fingerprint density at radius 3 is 2.67 bits per heavy atom. The van der Waals surface area contributed by atoms with E-state index in [4.69, 9.17) is 11.6 Å². The van der Waals surface area contributed by atoms with E-state index in [9.17, 15) is 28.3 Å². The molecule has 10 heteroatoms. The Kier molecular flexibility index (Phi) is 8.08. The van der Waals surface area contributed by atoms with Crippen LogP contribution in [0, 0.1) is 11.6 Å². The van der Waals surface area contributed by atoms with E-state index in [1.807, 2.05) is 18.9 Å². The number of nitrogens with one attached hydrogen (secondary N) is 1. The number of amides is 1. The minimum absolute atomic E-state index is 0.0787. The predicted octanol–water partition coefficient (Wildman–Crippen LogP) is 2.57. The summed E-state index contributed by atoms with van der Waals surface area (Å²) in [4.78, 5) is 38.1. The van der Waals surface area contributed by atoms with Crippen LogP contribution in [0.1, 0.15) is 39.8 Å². The lowest BCUT2D eigenvalue weighted by Crippen LogP contribution is -2.31. The maximum Gasteiger partial charge on any atom is 0.257 e. The molecule has 1 aromatic carbocycles. The minimum Gasteiger partial charge on any atom is -0.503 e. The van der Waals surface area contributed by atoms with Crippen molar-refractivity contribution in [3.05, 3.63) is 62.0 Å². The molecule has 2 aromatic rings. The van der Waals surface area contributed by atoms with E-state index >= 15 is 0 Å². The summed E-state index contributed by atoms with van der Waals surface area (Å²) in [6.45, 7) is 3.22. The van der Waals surface area contributed by atoms with E-state index in [0.29, 0.717) is 12.8 Å². The van der Waals surface area contributed by atoms with Crippen molar-refractivity contribution in [1.29, 1.82) is 0 Å². The largest absolute Gasteiger partial charge is 0.503 e. The first-order chi connectivity index (χ1) is 14.2. The summed E-state index contributed by atoms with van der Waals surface area (Å²) in [5, 5.41) is 11.7. The molecule has 0 radical (unpaired) electrons. The monoisotopic (exact) mass is 441 g/mol. The highest BCUT2D eigenvalue weighted by Gasteiger charge is 2.20. The summed E-state index contributed by atoms with van der Waals surface area (Å²) >= 11 is 5.51. The lowest BCUT2D eigenvalue weighted by Gasteiger charge is -2.18. The number of hydrogen-bond acceptors (Lipinski definition) is 5. The molecule has 30 heavy (non-hydrogen) atoms. The van der Waals surface area contributed by atoms with Gasteiger partial charge >= 0.3 is 0 Å². The summed E-state index contributed by atoms with van der Waals surface area (Å²) in [6.07, 6.45) is 2.44. The van der Waals surface area contributed by atoms with Crippen molar-refractivity contribution < 1.29 is 23.5 Å². The molecule has 0 spiro atoms. The van der Waals surface area contributed by atoms with E-state index in [-0.39, 0.29) is 24.3 Å². The van der Waals surface area contributed by atoms with Crippen LogP contribution in [0.2, 0.25) is 5.02 Å². The van der Waals surface area contributed by atoms with Crippen molar-refractivity contribution in [2.75, 3.05) is 20.1 Å². The maximum atomic E-state index is 14.0. The standard InChI is InChI=1S/C20H22ClF2N3O4/c1-3-6-25(2)7-8-26-10-13(18(28)19(29)15(26)11-27)20(30)24-9-12-4-5-14(22)16(21)17(12)23/h4-5,10-11,29H,3,6-9H2,1-2H3,(H,24,30). The highest BCUT2D eigenvalue weighted by Crippen LogP contribution is 2.22. The number of hydrogen-bond donors (Lipinski definition) is 2. The number of nitrogens with zero attached hydrogens (tertiary/aromatic N) is 2. The molecule has 0 bridgehead atoms. The van der Waals surface area contributed by atoms with Crippen LogP contribution in [0.3, 0.4) is 0 Å². The Morgan fingerprint density at radius 1 is 1.33 bits per heavy atom. The van der Waals surface area contributed by atoms with Crippen LogP contribution in [0.25, 0.3) is 0 Å². The molecular weight excluding hydrogens is 420 g/mol. The van der Waals surface area contributed by atoms with Crippen LogP contribution in [0.15, 0.2) is 23.1 Å². The lowest BCUT2D eigenvalue weighted by atomic mass is 10.1. The average Bonchev–Trinajstić information content (AvgIpc) is 2.72. The first kappa shape index (κ1) is 23.5. The van der Waals surface area contributed by atoms with Gasteiger partial charge in [0.1, 0.15) is 27.9 Å². The molecule has 0 aliphatic rings. The number of carbonyl (C=O) groups excluding carboxylic acids is 2. The van der Waals surface area contributed by atoms with Crippen molar-refractivity contribution in [3.63, 3.8) is 0 Å². The van der Waals surface area contributed by atoms with Gasteiger partial charge in [0.2, 0.25) is 5.43 Å². The Morgan fingerprint density at radius 2 is 2.03 bits per heavy atom. The lowest BCUT2D eigenvalue weighted by molar-refractivity contribution is 0.0946. The van der Waals surface area contributed by atoms with Crippen molar-refractivity contribution >= 4 is 23.8 Å². The fourth-order valence-corrected chi connectivity index (χ4v) is 3.06. The number of benzene rings is 1. The van der Waals surface area contributed by atoms with Crippen molar-refractivity contribution in [2.45, 2.75) is 26.4 Å². The van der Waals surface area contributed by atoms with Crippen LogP contribution in [-0.4, -0.2) is 46.9 Å². The number of likely N-dealkylation sites (N-methyl/N-ethyl adjacent to an activating group) is 1. The molecule has 0 fully saturated rings. The molecule has 2 N–H and O–H groups in total. The van der Waals surface area contributed by atoms with E-state index in [1.165, 1.54) is 10.8 Å². The summed E-state index contributed by atoms with van der Waals surface area (Å²) in [6, 6.07) is 2.07. The van der Waals surface area contributed by atoms with Gasteiger partial charge in [-0.15, -0.1) is 0 Å². The molecule has 1 amide bonds. The normalized spacial score (nSPS) is 11.0. The van der Waals surface area contributed by atoms with Gasteiger partial charge in [-0.1, -0.05) is 24.6 Å². The van der Waals surface area contributed by atoms with Gasteiger partial charge in [-0.3, -0.25) is 14.4 Å². The van der Waals surface area contributed by atoms with Crippen LogP contribution >= 0.6 is 11.6 Å². The fraction of sp³-hybridized carbons (Fsp3) is 0.350. The number of rotatable bonds is 9. The molecule has 0 aliphatic carbocycles. The topological polar surface area (TPSA) is 91.6 Å². The zero-order valence-corrected chi connectivity index (χ0v) is 17.3. The molecule has 0 saturated carbocycles. The van der Waals surface area contributed by atoms with Crippen molar-refractivity contribution in [1.82, 2.24) is 14.8 Å². The highest BCUT2D eigenvalue weighted by molar-refractivity contribution is 6.30. The summed E-state index contributed by atoms with van der Waals surface area (Å²) in [7, 11) is 1.88. The third-order valence-electron chi connectivity index (χ3n) is 4.54. The molecular formula is C20H22ClF2N3O4. The predicted molar refractivity (Wildman–Crippen MR) is 108 cm³/mol. The van der Waals surface area contributed by atoms with Crippen LogP contribution < -0.4 is 10.7 Å². The van der Waals surface area contributed by atoms with Gasteiger partial charge in [-0.2, -0.15) is 0 Å². The Labute approximate surface area is 176 Å². The fourth-order valence-electron chi connectivity index (χ4n) is 2.88. The highest BCUT2D eigenvalue weighted by atomic mass is 35.5. The minimum atomic E-state index is -1.02. The molecule has 1 aromatic heterocycles. The summed E-state index contributed by atoms with van der Waals surface area (Å²) in [5.41, 5.74) is -1.75. The summed E-state index contributed by atoms with van der Waals surface area (Å²) < 4.78 is 28.6. The molecule has 162 valence electrons. The Balaban J connectivity index is 2.27. The second-order valence-electron chi connectivity index (χ2n) is 6.74. The molecule has 2 rings (SSSR count). The van der Waals surface area contributed by atoms with E-state index in [1.54, 1.807) is 0 Å². The third-order valence-corrected chi connectivity index (χ3v) is 4.88. The van der Waals surface area contributed by atoms with Gasteiger partial charge in [-0.25, -0.2) is 8.78 Å². The Hall–Kier alpha value is -2.78. The number of pyridine rings is 1. The van der Waals surface area contributed by atoms with Gasteiger partial charge < -0.3 is 19.9 Å². The molecule has 0 unspecified atom stereocenters. The number of aldehydes is 1. The van der Waals surface area contributed by atoms with Gasteiger partial charge in [0.05, 0.1) is 0 Å². The molecule has 0 saturated heterocycles. The second-order valence-corrected chi connectivity index (χ2v) is 7.12. The smallest absolute Gasteiger partial charge is 0.257 e.